The molecule has 0 fully saturated rings. The average Bonchev–Trinajstić information content (AvgIpc) is 2.82. The molecule has 8 heteroatoms. The van der Waals surface area contributed by atoms with Gasteiger partial charge in [-0.05, 0) is 17.7 Å². The van der Waals surface area contributed by atoms with Crippen LogP contribution in [0.25, 0.3) is 11.1 Å². The molecule has 0 amide bonds. The highest BCUT2D eigenvalue weighted by Gasteiger charge is 2.61. The fraction of sp³-hybridized carbons (Fsp3) is 0.278. The van der Waals surface area contributed by atoms with Crippen LogP contribution < -0.4 is 4.74 Å². The molecule has 2 aromatic rings. The minimum Gasteiger partial charge on any atom is -0.490 e. The van der Waals surface area contributed by atoms with E-state index < -0.39 is 17.7 Å². The quantitative estimate of drug-likeness (QED) is 0.636. The van der Waals surface area contributed by atoms with Gasteiger partial charge in [-0.3, -0.25) is 4.79 Å². The second-order valence-electron chi connectivity index (χ2n) is 5.77. The second-order valence-corrected chi connectivity index (χ2v) is 6.18. The molecule has 0 bridgehead atoms. The van der Waals surface area contributed by atoms with Crippen LogP contribution >= 0.6 is 11.6 Å². The zero-order chi connectivity index (χ0) is 19.1. The summed E-state index contributed by atoms with van der Waals surface area (Å²) in [7, 11) is 0. The number of esters is 1. The van der Waals surface area contributed by atoms with Crippen LogP contribution in [0.4, 0.5) is 13.2 Å². The molecule has 0 unspecified atom stereocenters. The lowest BCUT2D eigenvalue weighted by molar-refractivity contribution is -0.246. The van der Waals surface area contributed by atoms with Gasteiger partial charge >= 0.3 is 12.1 Å². The molecule has 26 heavy (non-hydrogen) atoms. The number of aliphatic hydroxyl groups is 1. The molecule has 0 saturated heterocycles. The number of halogens is 4. The van der Waals surface area contributed by atoms with Gasteiger partial charge in [-0.2, -0.15) is 13.2 Å². The highest BCUT2D eigenvalue weighted by atomic mass is 35.5. The van der Waals surface area contributed by atoms with E-state index in [0.29, 0.717) is 0 Å². The zero-order valence-corrected chi connectivity index (χ0v) is 14.3. The number of ether oxygens (including phenoxy) is 2. The van der Waals surface area contributed by atoms with Gasteiger partial charge in [-0.25, -0.2) is 0 Å². The number of fused-ring (bicyclic) bond motifs is 3. The summed E-state index contributed by atoms with van der Waals surface area (Å²) in [6.07, 6.45) is -4.95. The van der Waals surface area contributed by atoms with E-state index >= 15 is 0 Å². The second kappa shape index (κ2) is 6.48. The number of benzene rings is 2. The van der Waals surface area contributed by atoms with E-state index in [4.69, 9.17) is 21.1 Å². The summed E-state index contributed by atoms with van der Waals surface area (Å²) in [5, 5.41) is 10.6. The first-order valence-corrected chi connectivity index (χ1v) is 8.03. The van der Waals surface area contributed by atoms with Crippen molar-refractivity contribution in [1.29, 1.82) is 0 Å². The first-order valence-electron chi connectivity index (χ1n) is 7.65. The van der Waals surface area contributed by atoms with Crippen LogP contribution in [-0.2, 0) is 15.1 Å². The van der Waals surface area contributed by atoms with Gasteiger partial charge in [0.1, 0.15) is 19.0 Å². The number of alkyl halides is 3. The Morgan fingerprint density at radius 1 is 1.19 bits per heavy atom. The van der Waals surface area contributed by atoms with Crippen molar-refractivity contribution in [3.05, 3.63) is 52.5 Å². The maximum atomic E-state index is 13.8. The molecule has 138 valence electrons. The summed E-state index contributed by atoms with van der Waals surface area (Å²) in [5.74, 6) is -0.459. The third kappa shape index (κ3) is 2.91. The smallest absolute Gasteiger partial charge is 0.425 e. The third-order valence-electron chi connectivity index (χ3n) is 4.11. The molecular formula is C18H14ClF3O4. The van der Waals surface area contributed by atoms with Crippen molar-refractivity contribution in [2.24, 2.45) is 0 Å². The summed E-state index contributed by atoms with van der Waals surface area (Å²) < 4.78 is 51.3. The standard InChI is InChI=1S/C18H14ClF3O4/c1-10(23)25-6-7-26-11-8-14-16(15(19)9-11)12-4-2-3-5-13(12)17(14,24)18(20,21)22/h2-5,8-9,24H,6-7H2,1H3/t17-/m1/s1. The van der Waals surface area contributed by atoms with Crippen LogP contribution in [-0.4, -0.2) is 30.5 Å². The van der Waals surface area contributed by atoms with Gasteiger partial charge in [-0.1, -0.05) is 35.9 Å². The van der Waals surface area contributed by atoms with E-state index in [1.165, 1.54) is 31.2 Å². The van der Waals surface area contributed by atoms with Gasteiger partial charge in [0.05, 0.1) is 5.02 Å². The van der Waals surface area contributed by atoms with Crippen LogP contribution in [0, 0.1) is 0 Å². The molecule has 2 aromatic carbocycles. The maximum absolute atomic E-state index is 13.8. The van der Waals surface area contributed by atoms with Gasteiger partial charge in [0, 0.05) is 23.6 Å². The normalized spacial score (nSPS) is 18.2. The first kappa shape index (κ1) is 18.5. The van der Waals surface area contributed by atoms with Crippen molar-refractivity contribution in [2.45, 2.75) is 18.7 Å². The Hall–Kier alpha value is -2.25. The lowest BCUT2D eigenvalue weighted by Gasteiger charge is -2.28. The van der Waals surface area contributed by atoms with Gasteiger partial charge in [0.15, 0.2) is 0 Å². The molecule has 4 nitrogen and oxygen atoms in total. The highest BCUT2D eigenvalue weighted by Crippen LogP contribution is 2.57. The third-order valence-corrected chi connectivity index (χ3v) is 4.41. The fourth-order valence-electron chi connectivity index (χ4n) is 3.04. The van der Waals surface area contributed by atoms with E-state index in [1.807, 2.05) is 0 Å². The number of carbonyl (C=O) groups is 1. The topological polar surface area (TPSA) is 55.8 Å². The van der Waals surface area contributed by atoms with E-state index in [-0.39, 0.29) is 46.2 Å². The number of hydrogen-bond acceptors (Lipinski definition) is 4. The average molecular weight is 387 g/mol. The van der Waals surface area contributed by atoms with E-state index in [2.05, 4.69) is 0 Å². The Kier molecular flexibility index (Phi) is 4.62. The van der Waals surface area contributed by atoms with Crippen molar-refractivity contribution in [2.75, 3.05) is 13.2 Å². The molecule has 0 saturated carbocycles. The Morgan fingerprint density at radius 3 is 2.54 bits per heavy atom. The molecule has 1 aliphatic carbocycles. The SMILES string of the molecule is CC(=O)OCCOc1cc(Cl)c2c(c1)[C@@](O)(C(F)(F)F)c1ccccc1-2. The minimum absolute atomic E-state index is 0.0256. The van der Waals surface area contributed by atoms with Crippen molar-refractivity contribution >= 4 is 17.6 Å². The van der Waals surface area contributed by atoms with Crippen molar-refractivity contribution < 1.29 is 32.5 Å². The monoisotopic (exact) mass is 386 g/mol. The number of carbonyl (C=O) groups excluding carboxylic acids is 1. The fourth-order valence-corrected chi connectivity index (χ4v) is 3.35. The molecule has 0 spiro atoms. The Bertz CT molecular complexity index is 866. The summed E-state index contributed by atoms with van der Waals surface area (Å²) >= 11 is 6.20. The number of rotatable bonds is 4. The molecule has 1 aliphatic rings. The molecular weight excluding hydrogens is 373 g/mol. The Balaban J connectivity index is 2.05. The van der Waals surface area contributed by atoms with Crippen LogP contribution in [0.1, 0.15) is 18.1 Å². The minimum atomic E-state index is -4.95. The molecule has 0 aromatic heterocycles. The summed E-state index contributed by atoms with van der Waals surface area (Å²) in [5.41, 5.74) is -3.51. The van der Waals surface area contributed by atoms with Gasteiger partial charge in [-0.15, -0.1) is 0 Å². The maximum Gasteiger partial charge on any atom is 0.425 e. The van der Waals surface area contributed by atoms with Gasteiger partial charge in [0.25, 0.3) is 0 Å². The predicted octanol–water partition coefficient (Wildman–Crippen LogP) is 4.06. The lowest BCUT2D eigenvalue weighted by Crippen LogP contribution is -2.41. The van der Waals surface area contributed by atoms with Crippen molar-refractivity contribution in [3.8, 4) is 16.9 Å². The summed E-state index contributed by atoms with van der Waals surface area (Å²) in [4.78, 5) is 10.7. The first-order chi connectivity index (χ1) is 12.2. The van der Waals surface area contributed by atoms with Crippen LogP contribution in [0.3, 0.4) is 0 Å². The summed E-state index contributed by atoms with van der Waals surface area (Å²) in [6.45, 7) is 1.10. The van der Waals surface area contributed by atoms with Crippen molar-refractivity contribution in [3.63, 3.8) is 0 Å². The molecule has 0 aliphatic heterocycles. The van der Waals surface area contributed by atoms with E-state index in [9.17, 15) is 23.1 Å². The van der Waals surface area contributed by atoms with Gasteiger partial charge < -0.3 is 14.6 Å². The summed E-state index contributed by atoms with van der Waals surface area (Å²) in [6, 6.07) is 8.18. The lowest BCUT2D eigenvalue weighted by atomic mass is 9.90. The largest absolute Gasteiger partial charge is 0.490 e. The van der Waals surface area contributed by atoms with Crippen LogP contribution in [0.15, 0.2) is 36.4 Å². The number of hydrogen-bond donors (Lipinski definition) is 1. The molecule has 1 atom stereocenters. The molecule has 3 rings (SSSR count). The molecule has 1 N–H and O–H groups in total. The van der Waals surface area contributed by atoms with Gasteiger partial charge in [0.2, 0.25) is 5.60 Å². The van der Waals surface area contributed by atoms with E-state index in [0.717, 1.165) is 6.07 Å². The molecule has 0 radical (unpaired) electrons. The van der Waals surface area contributed by atoms with Crippen molar-refractivity contribution in [1.82, 2.24) is 0 Å². The highest BCUT2D eigenvalue weighted by molar-refractivity contribution is 6.34. The predicted molar refractivity (Wildman–Crippen MR) is 88.1 cm³/mol. The molecule has 0 heterocycles. The van der Waals surface area contributed by atoms with Crippen LogP contribution in [0.2, 0.25) is 5.02 Å². The Morgan fingerprint density at radius 2 is 1.88 bits per heavy atom. The zero-order valence-electron chi connectivity index (χ0n) is 13.6. The van der Waals surface area contributed by atoms with Crippen LogP contribution in [0.5, 0.6) is 5.75 Å². The Labute approximate surface area is 152 Å². The van der Waals surface area contributed by atoms with E-state index in [1.54, 1.807) is 6.07 Å².